The van der Waals surface area contributed by atoms with Crippen LogP contribution in [0.25, 0.3) is 0 Å². The number of likely N-dealkylation sites (tertiary alicyclic amines) is 1. The molecule has 0 saturated carbocycles. The number of hydrogen-bond donors (Lipinski definition) is 1. The van der Waals surface area contributed by atoms with E-state index in [1.807, 2.05) is 51.1 Å². The van der Waals surface area contributed by atoms with Crippen LogP contribution in [0.4, 0.5) is 4.79 Å². The number of benzene rings is 1. The summed E-state index contributed by atoms with van der Waals surface area (Å²) in [6.45, 7) is 6.34. The Kier molecular flexibility index (Phi) is 4.74. The van der Waals surface area contributed by atoms with Gasteiger partial charge in [-0.25, -0.2) is 4.79 Å². The molecule has 0 aromatic heterocycles. The molecular weight excluding hydrogens is 282 g/mol. The number of hydrogen-bond acceptors (Lipinski definition) is 3. The summed E-state index contributed by atoms with van der Waals surface area (Å²) >= 11 is 0. The SMILES string of the molecule is CC(C)(C)OC(=O)N1CC([C@H](Cc2ccccc2)C(=O)O)C1. The predicted octanol–water partition coefficient (Wildman–Crippen LogP) is 2.80. The lowest BCUT2D eigenvalue weighted by Gasteiger charge is -2.42. The number of carbonyl (C=O) groups is 2. The highest BCUT2D eigenvalue weighted by molar-refractivity contribution is 5.73. The van der Waals surface area contributed by atoms with Crippen molar-refractivity contribution in [2.45, 2.75) is 32.8 Å². The summed E-state index contributed by atoms with van der Waals surface area (Å²) in [5.41, 5.74) is 0.476. The molecule has 0 unspecified atom stereocenters. The zero-order chi connectivity index (χ0) is 16.3. The lowest BCUT2D eigenvalue weighted by atomic mass is 9.82. The number of carboxylic acids is 1. The quantitative estimate of drug-likeness (QED) is 0.929. The first-order valence-electron chi connectivity index (χ1n) is 7.51. The third kappa shape index (κ3) is 4.23. The van der Waals surface area contributed by atoms with Gasteiger partial charge < -0.3 is 14.7 Å². The molecule has 1 amide bonds. The van der Waals surface area contributed by atoms with Crippen molar-refractivity contribution in [1.82, 2.24) is 4.90 Å². The summed E-state index contributed by atoms with van der Waals surface area (Å²) in [5, 5.41) is 9.45. The van der Waals surface area contributed by atoms with Crippen LogP contribution < -0.4 is 0 Å². The number of nitrogens with zero attached hydrogens (tertiary/aromatic N) is 1. The van der Waals surface area contributed by atoms with Crippen LogP contribution in [-0.2, 0) is 16.0 Å². The van der Waals surface area contributed by atoms with E-state index in [4.69, 9.17) is 4.74 Å². The Morgan fingerprint density at radius 1 is 1.27 bits per heavy atom. The van der Waals surface area contributed by atoms with Gasteiger partial charge in [-0.2, -0.15) is 0 Å². The van der Waals surface area contributed by atoms with Gasteiger partial charge in [0.2, 0.25) is 0 Å². The van der Waals surface area contributed by atoms with Gasteiger partial charge in [0.1, 0.15) is 5.60 Å². The first kappa shape index (κ1) is 16.3. The number of ether oxygens (including phenoxy) is 1. The molecule has 120 valence electrons. The van der Waals surface area contributed by atoms with E-state index in [0.29, 0.717) is 19.5 Å². The van der Waals surface area contributed by atoms with Crippen LogP contribution in [0.1, 0.15) is 26.3 Å². The fourth-order valence-corrected chi connectivity index (χ4v) is 2.57. The normalized spacial score (nSPS) is 16.8. The zero-order valence-corrected chi connectivity index (χ0v) is 13.3. The van der Waals surface area contributed by atoms with Crippen molar-refractivity contribution in [1.29, 1.82) is 0 Å². The van der Waals surface area contributed by atoms with Gasteiger partial charge in [0, 0.05) is 19.0 Å². The second kappa shape index (κ2) is 6.38. The standard InChI is InChI=1S/C17H23NO4/c1-17(2,3)22-16(21)18-10-13(11-18)14(15(19)20)9-12-7-5-4-6-8-12/h4-8,13-14H,9-11H2,1-3H3,(H,19,20)/t14-/m0/s1. The Hall–Kier alpha value is -2.04. The molecule has 1 aliphatic heterocycles. The number of rotatable bonds is 4. The average Bonchev–Trinajstić information content (AvgIpc) is 2.34. The van der Waals surface area contributed by atoms with E-state index in [2.05, 4.69) is 0 Å². The summed E-state index contributed by atoms with van der Waals surface area (Å²) in [6, 6.07) is 9.58. The van der Waals surface area contributed by atoms with E-state index >= 15 is 0 Å². The topological polar surface area (TPSA) is 66.8 Å². The Labute approximate surface area is 130 Å². The van der Waals surface area contributed by atoms with Crippen LogP contribution in [-0.4, -0.2) is 40.8 Å². The van der Waals surface area contributed by atoms with E-state index in [1.54, 1.807) is 4.90 Å². The Morgan fingerprint density at radius 3 is 2.36 bits per heavy atom. The van der Waals surface area contributed by atoms with Crippen molar-refractivity contribution in [2.24, 2.45) is 11.8 Å². The third-order valence-electron chi connectivity index (χ3n) is 3.75. The predicted molar refractivity (Wildman–Crippen MR) is 82.6 cm³/mol. The van der Waals surface area contributed by atoms with Gasteiger partial charge in [0.25, 0.3) is 0 Å². The molecule has 0 bridgehead atoms. The van der Waals surface area contributed by atoms with Crippen molar-refractivity contribution in [3.8, 4) is 0 Å². The van der Waals surface area contributed by atoms with E-state index in [0.717, 1.165) is 5.56 Å². The van der Waals surface area contributed by atoms with Gasteiger partial charge in [0.05, 0.1) is 5.92 Å². The van der Waals surface area contributed by atoms with Gasteiger partial charge in [0.15, 0.2) is 0 Å². The van der Waals surface area contributed by atoms with E-state index in [1.165, 1.54) is 0 Å². The highest BCUT2D eigenvalue weighted by Gasteiger charge is 2.41. The van der Waals surface area contributed by atoms with E-state index in [9.17, 15) is 14.7 Å². The highest BCUT2D eigenvalue weighted by Crippen LogP contribution is 2.28. The molecule has 0 spiro atoms. The smallest absolute Gasteiger partial charge is 0.410 e. The van der Waals surface area contributed by atoms with Crippen LogP contribution in [0.2, 0.25) is 0 Å². The van der Waals surface area contributed by atoms with Crippen LogP contribution in [0, 0.1) is 11.8 Å². The first-order chi connectivity index (χ1) is 10.3. The summed E-state index contributed by atoms with van der Waals surface area (Å²) in [5.74, 6) is -1.30. The number of carbonyl (C=O) groups excluding carboxylic acids is 1. The van der Waals surface area contributed by atoms with Crippen LogP contribution in [0.3, 0.4) is 0 Å². The van der Waals surface area contributed by atoms with Crippen molar-refractivity contribution >= 4 is 12.1 Å². The lowest BCUT2D eigenvalue weighted by Crippen LogP contribution is -2.55. The fraction of sp³-hybridized carbons (Fsp3) is 0.529. The molecule has 5 nitrogen and oxygen atoms in total. The van der Waals surface area contributed by atoms with Crippen LogP contribution in [0.15, 0.2) is 30.3 Å². The molecule has 1 heterocycles. The molecule has 2 rings (SSSR count). The molecule has 0 radical (unpaired) electrons. The van der Waals surface area contributed by atoms with Gasteiger partial charge >= 0.3 is 12.1 Å². The second-order valence-corrected chi connectivity index (χ2v) is 6.78. The Bertz CT molecular complexity index is 529. The molecule has 1 N–H and O–H groups in total. The minimum Gasteiger partial charge on any atom is -0.481 e. The second-order valence-electron chi connectivity index (χ2n) is 6.78. The summed E-state index contributed by atoms with van der Waals surface area (Å²) in [4.78, 5) is 25.0. The minimum atomic E-state index is -0.808. The maximum atomic E-state index is 11.9. The molecule has 1 aromatic rings. The van der Waals surface area contributed by atoms with Gasteiger partial charge in [-0.1, -0.05) is 30.3 Å². The molecule has 1 aromatic carbocycles. The first-order valence-corrected chi connectivity index (χ1v) is 7.51. The highest BCUT2D eigenvalue weighted by atomic mass is 16.6. The number of amides is 1. The molecule has 1 fully saturated rings. The maximum absolute atomic E-state index is 11.9. The minimum absolute atomic E-state index is 0.0229. The maximum Gasteiger partial charge on any atom is 0.410 e. The summed E-state index contributed by atoms with van der Waals surface area (Å²) < 4.78 is 5.29. The number of carboxylic acid groups (broad SMARTS) is 1. The van der Waals surface area contributed by atoms with Gasteiger partial charge in [-0.05, 0) is 32.8 Å². The number of aliphatic carboxylic acids is 1. The Balaban J connectivity index is 1.91. The monoisotopic (exact) mass is 305 g/mol. The molecular formula is C17H23NO4. The van der Waals surface area contributed by atoms with Crippen molar-refractivity contribution in [3.05, 3.63) is 35.9 Å². The van der Waals surface area contributed by atoms with Crippen LogP contribution in [0.5, 0.6) is 0 Å². The molecule has 1 atom stereocenters. The average molecular weight is 305 g/mol. The van der Waals surface area contributed by atoms with Crippen LogP contribution >= 0.6 is 0 Å². The lowest BCUT2D eigenvalue weighted by molar-refractivity contribution is -0.146. The summed E-state index contributed by atoms with van der Waals surface area (Å²) in [6.07, 6.45) is 0.121. The van der Waals surface area contributed by atoms with Gasteiger partial charge in [-0.15, -0.1) is 0 Å². The molecule has 5 heteroatoms. The zero-order valence-electron chi connectivity index (χ0n) is 13.3. The van der Waals surface area contributed by atoms with Crippen molar-refractivity contribution < 1.29 is 19.4 Å². The van der Waals surface area contributed by atoms with Crippen molar-refractivity contribution in [3.63, 3.8) is 0 Å². The fourth-order valence-electron chi connectivity index (χ4n) is 2.57. The third-order valence-corrected chi connectivity index (χ3v) is 3.75. The molecule has 1 saturated heterocycles. The van der Waals surface area contributed by atoms with E-state index in [-0.39, 0.29) is 12.0 Å². The molecule has 0 aliphatic carbocycles. The molecule has 22 heavy (non-hydrogen) atoms. The molecule has 1 aliphatic rings. The van der Waals surface area contributed by atoms with Gasteiger partial charge in [-0.3, -0.25) is 4.79 Å². The summed E-state index contributed by atoms with van der Waals surface area (Å²) in [7, 11) is 0. The Morgan fingerprint density at radius 2 is 1.86 bits per heavy atom. The van der Waals surface area contributed by atoms with E-state index < -0.39 is 17.5 Å². The largest absolute Gasteiger partial charge is 0.481 e. The van der Waals surface area contributed by atoms with Crippen molar-refractivity contribution in [2.75, 3.05) is 13.1 Å².